The van der Waals surface area contributed by atoms with E-state index in [1.807, 2.05) is 0 Å². The number of likely N-dealkylation sites (tertiary alicyclic amines) is 1. The number of piperidine rings is 1. The molecular weight excluding hydrogens is 256 g/mol. The van der Waals surface area contributed by atoms with Gasteiger partial charge in [-0.2, -0.15) is 0 Å². The van der Waals surface area contributed by atoms with E-state index < -0.39 is 0 Å². The lowest BCUT2D eigenvalue weighted by Crippen LogP contribution is -2.62. The van der Waals surface area contributed by atoms with Crippen molar-refractivity contribution >= 4 is 0 Å². The second kappa shape index (κ2) is 7.97. The average molecular weight is 295 g/mol. The van der Waals surface area contributed by atoms with Gasteiger partial charge in [0.15, 0.2) is 0 Å². The van der Waals surface area contributed by atoms with Crippen LogP contribution in [-0.4, -0.2) is 36.6 Å². The molecule has 21 heavy (non-hydrogen) atoms. The highest BCUT2D eigenvalue weighted by Crippen LogP contribution is 2.39. The molecule has 1 heterocycles. The highest BCUT2D eigenvalue weighted by molar-refractivity contribution is 5.00. The Morgan fingerprint density at radius 3 is 2.14 bits per heavy atom. The second-order valence-corrected chi connectivity index (χ2v) is 7.71. The Morgan fingerprint density at radius 2 is 1.67 bits per heavy atom. The zero-order valence-corrected chi connectivity index (χ0v) is 15.0. The van der Waals surface area contributed by atoms with E-state index in [9.17, 15) is 0 Å². The van der Waals surface area contributed by atoms with Crippen LogP contribution in [0.2, 0.25) is 0 Å². The van der Waals surface area contributed by atoms with Crippen molar-refractivity contribution < 1.29 is 0 Å². The van der Waals surface area contributed by atoms with E-state index in [4.69, 9.17) is 0 Å². The molecule has 2 heteroatoms. The van der Waals surface area contributed by atoms with Crippen LogP contribution in [0.4, 0.5) is 0 Å². The molecule has 1 saturated heterocycles. The van der Waals surface area contributed by atoms with Crippen LogP contribution in [0.15, 0.2) is 0 Å². The molecule has 2 atom stereocenters. The standard InChI is InChI=1S/C19H38N2/c1-5-16-10-12-17(13-11-16)18(20-4)19(3,6-2)21-14-8-7-9-15-21/h16-18,20H,5-15H2,1-4H3. The number of hydrogen-bond acceptors (Lipinski definition) is 2. The largest absolute Gasteiger partial charge is 0.315 e. The zero-order chi connectivity index (χ0) is 15.3. The van der Waals surface area contributed by atoms with E-state index >= 15 is 0 Å². The molecule has 0 aromatic rings. The number of likely N-dealkylation sites (N-methyl/N-ethyl adjacent to an activating group) is 1. The Bertz CT molecular complexity index is 290. The maximum atomic E-state index is 3.75. The molecule has 2 fully saturated rings. The first kappa shape index (κ1) is 17.3. The third-order valence-corrected chi connectivity index (χ3v) is 6.72. The summed E-state index contributed by atoms with van der Waals surface area (Å²) in [5.41, 5.74) is 0.346. The number of nitrogens with zero attached hydrogens (tertiary/aromatic N) is 1. The van der Waals surface area contributed by atoms with Crippen LogP contribution >= 0.6 is 0 Å². The predicted molar refractivity (Wildman–Crippen MR) is 92.7 cm³/mol. The van der Waals surface area contributed by atoms with Crippen molar-refractivity contribution in [2.75, 3.05) is 20.1 Å². The summed E-state index contributed by atoms with van der Waals surface area (Å²) >= 11 is 0. The van der Waals surface area contributed by atoms with E-state index in [2.05, 4.69) is 38.0 Å². The minimum absolute atomic E-state index is 0.346. The minimum atomic E-state index is 0.346. The third-order valence-electron chi connectivity index (χ3n) is 6.72. The Balaban J connectivity index is 2.05. The van der Waals surface area contributed by atoms with Gasteiger partial charge in [-0.25, -0.2) is 0 Å². The summed E-state index contributed by atoms with van der Waals surface area (Å²) in [6, 6.07) is 0.665. The van der Waals surface area contributed by atoms with Gasteiger partial charge in [0.1, 0.15) is 0 Å². The fourth-order valence-corrected chi connectivity index (χ4v) is 5.03. The van der Waals surface area contributed by atoms with Gasteiger partial charge in [-0.1, -0.05) is 39.5 Å². The Kier molecular flexibility index (Phi) is 6.55. The van der Waals surface area contributed by atoms with Gasteiger partial charge < -0.3 is 5.32 Å². The highest BCUT2D eigenvalue weighted by atomic mass is 15.2. The topological polar surface area (TPSA) is 15.3 Å². The van der Waals surface area contributed by atoms with Gasteiger partial charge >= 0.3 is 0 Å². The monoisotopic (exact) mass is 294 g/mol. The first-order valence-corrected chi connectivity index (χ1v) is 9.58. The molecule has 2 nitrogen and oxygen atoms in total. The van der Waals surface area contributed by atoms with Crippen LogP contribution in [0, 0.1) is 11.8 Å². The molecule has 2 aliphatic rings. The van der Waals surface area contributed by atoms with E-state index in [1.165, 1.54) is 70.9 Å². The van der Waals surface area contributed by atoms with E-state index in [-0.39, 0.29) is 0 Å². The fraction of sp³-hybridized carbons (Fsp3) is 1.00. The van der Waals surface area contributed by atoms with Crippen LogP contribution < -0.4 is 5.32 Å². The number of rotatable bonds is 6. The van der Waals surface area contributed by atoms with Crippen LogP contribution in [0.1, 0.15) is 78.6 Å². The lowest BCUT2D eigenvalue weighted by molar-refractivity contribution is 0.0154. The zero-order valence-electron chi connectivity index (χ0n) is 15.0. The molecule has 0 bridgehead atoms. The minimum Gasteiger partial charge on any atom is -0.315 e. The quantitative estimate of drug-likeness (QED) is 0.779. The van der Waals surface area contributed by atoms with Gasteiger partial charge in [0.2, 0.25) is 0 Å². The molecule has 0 amide bonds. The number of hydrogen-bond donors (Lipinski definition) is 1. The molecule has 1 saturated carbocycles. The molecule has 0 spiro atoms. The van der Waals surface area contributed by atoms with Crippen LogP contribution in [-0.2, 0) is 0 Å². The normalized spacial score (nSPS) is 32.6. The van der Waals surface area contributed by atoms with Gasteiger partial charge in [-0.05, 0) is 71.0 Å². The van der Waals surface area contributed by atoms with E-state index in [1.54, 1.807) is 0 Å². The third kappa shape index (κ3) is 3.82. The van der Waals surface area contributed by atoms with Gasteiger partial charge in [-0.3, -0.25) is 4.90 Å². The summed E-state index contributed by atoms with van der Waals surface area (Å²) in [6.07, 6.45) is 12.7. The molecule has 1 N–H and O–H groups in total. The average Bonchev–Trinajstić information content (AvgIpc) is 2.56. The van der Waals surface area contributed by atoms with E-state index in [0.717, 1.165) is 11.8 Å². The molecule has 1 aliphatic carbocycles. The van der Waals surface area contributed by atoms with Gasteiger partial charge in [0.25, 0.3) is 0 Å². The molecule has 2 rings (SSSR count). The molecule has 0 aromatic heterocycles. The Hall–Kier alpha value is -0.0800. The number of nitrogens with one attached hydrogen (secondary N) is 1. The summed E-state index contributed by atoms with van der Waals surface area (Å²) in [6.45, 7) is 9.92. The van der Waals surface area contributed by atoms with Crippen molar-refractivity contribution in [3.05, 3.63) is 0 Å². The maximum Gasteiger partial charge on any atom is 0.0334 e. The van der Waals surface area contributed by atoms with Gasteiger partial charge in [-0.15, -0.1) is 0 Å². The highest BCUT2D eigenvalue weighted by Gasteiger charge is 2.42. The van der Waals surface area contributed by atoms with Crippen molar-refractivity contribution in [3.8, 4) is 0 Å². The summed E-state index contributed by atoms with van der Waals surface area (Å²) in [5.74, 6) is 1.88. The fourth-order valence-electron chi connectivity index (χ4n) is 5.03. The smallest absolute Gasteiger partial charge is 0.0334 e. The summed E-state index contributed by atoms with van der Waals surface area (Å²) in [5, 5.41) is 3.75. The van der Waals surface area contributed by atoms with Crippen molar-refractivity contribution in [1.82, 2.24) is 10.2 Å². The van der Waals surface area contributed by atoms with Crippen molar-refractivity contribution in [2.24, 2.45) is 11.8 Å². The van der Waals surface area contributed by atoms with Crippen molar-refractivity contribution in [1.29, 1.82) is 0 Å². The molecule has 124 valence electrons. The summed E-state index contributed by atoms with van der Waals surface area (Å²) < 4.78 is 0. The lowest BCUT2D eigenvalue weighted by Gasteiger charge is -2.51. The van der Waals surface area contributed by atoms with Gasteiger partial charge in [0, 0.05) is 11.6 Å². The van der Waals surface area contributed by atoms with E-state index in [0.29, 0.717) is 11.6 Å². The van der Waals surface area contributed by atoms with Crippen molar-refractivity contribution in [2.45, 2.75) is 90.1 Å². The van der Waals surface area contributed by atoms with Crippen molar-refractivity contribution in [3.63, 3.8) is 0 Å². The predicted octanol–water partition coefficient (Wildman–Crippen LogP) is 4.45. The molecule has 2 unspecified atom stereocenters. The molecule has 0 aromatic carbocycles. The van der Waals surface area contributed by atoms with Crippen LogP contribution in [0.5, 0.6) is 0 Å². The SMILES string of the molecule is CCC1CCC(C(NC)C(C)(CC)N2CCCCC2)CC1. The summed E-state index contributed by atoms with van der Waals surface area (Å²) in [4.78, 5) is 2.81. The second-order valence-electron chi connectivity index (χ2n) is 7.71. The first-order chi connectivity index (χ1) is 10.2. The van der Waals surface area contributed by atoms with Crippen LogP contribution in [0.3, 0.4) is 0 Å². The first-order valence-electron chi connectivity index (χ1n) is 9.58. The van der Waals surface area contributed by atoms with Crippen LogP contribution in [0.25, 0.3) is 0 Å². The van der Waals surface area contributed by atoms with Gasteiger partial charge in [0.05, 0.1) is 0 Å². The summed E-state index contributed by atoms with van der Waals surface area (Å²) in [7, 11) is 2.20. The maximum absolute atomic E-state index is 3.75. The molecule has 1 aliphatic heterocycles. The Morgan fingerprint density at radius 1 is 1.05 bits per heavy atom. The molecule has 0 radical (unpaired) electrons. The molecular formula is C19H38N2. The lowest BCUT2D eigenvalue weighted by atomic mass is 9.70. The Labute approximate surface area is 133 Å².